The van der Waals surface area contributed by atoms with Gasteiger partial charge in [-0.1, -0.05) is 75.8 Å². The molecule has 1 aromatic carbocycles. The lowest BCUT2D eigenvalue weighted by Crippen LogP contribution is -1.85. The lowest BCUT2D eigenvalue weighted by Gasteiger charge is -2.01. The molecular formula is C19H36O3. The summed E-state index contributed by atoms with van der Waals surface area (Å²) in [5, 5.41) is 15.2. The van der Waals surface area contributed by atoms with Crippen molar-refractivity contribution in [2.45, 2.75) is 58.3 Å². The second-order valence-corrected chi connectivity index (χ2v) is 5.21. The summed E-state index contributed by atoms with van der Waals surface area (Å²) in [7, 11) is 3.25. The fourth-order valence-corrected chi connectivity index (χ4v) is 1.93. The van der Waals surface area contributed by atoms with Gasteiger partial charge in [-0.2, -0.15) is 0 Å². The van der Waals surface area contributed by atoms with E-state index in [4.69, 9.17) is 10.2 Å². The molecule has 0 radical (unpaired) electrons. The van der Waals surface area contributed by atoms with E-state index in [1.807, 2.05) is 0 Å². The van der Waals surface area contributed by atoms with Crippen molar-refractivity contribution in [3.8, 4) is 0 Å². The minimum absolute atomic E-state index is 0.125. The van der Waals surface area contributed by atoms with Crippen LogP contribution in [0.15, 0.2) is 30.3 Å². The number of rotatable bonds is 9. The number of methoxy groups -OCH3 is 1. The normalized spacial score (nSPS) is 9.32. The quantitative estimate of drug-likeness (QED) is 0.671. The number of aryl methyl sites for hydroxylation is 1. The van der Waals surface area contributed by atoms with Gasteiger partial charge >= 0.3 is 0 Å². The Bertz CT molecular complexity index is 273. The van der Waals surface area contributed by atoms with E-state index in [1.54, 1.807) is 14.2 Å². The first-order valence-corrected chi connectivity index (χ1v) is 8.42. The maximum absolute atomic E-state index is 7.62. The van der Waals surface area contributed by atoms with Crippen LogP contribution >= 0.6 is 0 Å². The van der Waals surface area contributed by atoms with Crippen LogP contribution in [-0.4, -0.2) is 37.6 Å². The number of ether oxygens (including phenoxy) is 1. The summed E-state index contributed by atoms with van der Waals surface area (Å²) in [6.07, 6.45) is 11.1. The number of hydrogen-bond acceptors (Lipinski definition) is 3. The molecule has 1 rings (SSSR count). The van der Waals surface area contributed by atoms with Crippen LogP contribution in [0.5, 0.6) is 0 Å². The first kappa shape index (κ1) is 23.4. The standard InChI is InChI=1S/C15H24.C2H6O2.C2H6O/c1-2-3-4-5-6-7-9-12-15-13-10-8-11-14-15;3-1-2-4;1-3-2/h8,10-11,13-14H,2-7,9,12H2,1H3;3-4H,1-2H2;1-2H3. The van der Waals surface area contributed by atoms with Gasteiger partial charge in [0.2, 0.25) is 0 Å². The second-order valence-electron chi connectivity index (χ2n) is 5.21. The average molecular weight is 312 g/mol. The predicted octanol–water partition coefficient (Wildman–Crippen LogP) is 4.21. The van der Waals surface area contributed by atoms with Crippen molar-refractivity contribution < 1.29 is 14.9 Å². The van der Waals surface area contributed by atoms with Crippen molar-refractivity contribution >= 4 is 0 Å². The zero-order valence-corrected chi connectivity index (χ0v) is 14.8. The summed E-state index contributed by atoms with van der Waals surface area (Å²) in [6, 6.07) is 10.8. The van der Waals surface area contributed by atoms with Gasteiger partial charge in [0.15, 0.2) is 0 Å². The molecule has 0 fully saturated rings. The Morgan fingerprint density at radius 2 is 1.23 bits per heavy atom. The fraction of sp³-hybridized carbons (Fsp3) is 0.684. The topological polar surface area (TPSA) is 49.7 Å². The van der Waals surface area contributed by atoms with Crippen molar-refractivity contribution in [3.63, 3.8) is 0 Å². The number of hydrogen-bond donors (Lipinski definition) is 2. The van der Waals surface area contributed by atoms with Gasteiger partial charge in [-0.05, 0) is 18.4 Å². The molecule has 3 nitrogen and oxygen atoms in total. The highest BCUT2D eigenvalue weighted by molar-refractivity contribution is 5.14. The molecule has 0 aromatic heterocycles. The molecule has 130 valence electrons. The van der Waals surface area contributed by atoms with E-state index in [0.29, 0.717) is 0 Å². The number of unbranched alkanes of at least 4 members (excludes halogenated alkanes) is 6. The third-order valence-electron chi connectivity index (χ3n) is 3.01. The van der Waals surface area contributed by atoms with E-state index in [-0.39, 0.29) is 13.2 Å². The molecule has 0 unspecified atom stereocenters. The van der Waals surface area contributed by atoms with E-state index in [9.17, 15) is 0 Å². The Morgan fingerprint density at radius 1 is 0.773 bits per heavy atom. The van der Waals surface area contributed by atoms with Crippen LogP contribution < -0.4 is 0 Å². The summed E-state index contributed by atoms with van der Waals surface area (Å²) >= 11 is 0. The number of benzene rings is 1. The van der Waals surface area contributed by atoms with Crippen molar-refractivity contribution in [2.24, 2.45) is 0 Å². The largest absolute Gasteiger partial charge is 0.394 e. The van der Waals surface area contributed by atoms with E-state index in [2.05, 4.69) is 42.0 Å². The molecule has 22 heavy (non-hydrogen) atoms. The minimum Gasteiger partial charge on any atom is -0.394 e. The highest BCUT2D eigenvalue weighted by Crippen LogP contribution is 2.10. The molecule has 2 N–H and O–H groups in total. The molecule has 0 amide bonds. The SMILES string of the molecule is CCCCCCCCCc1ccccc1.COC.OCCO. The Balaban J connectivity index is 0. The van der Waals surface area contributed by atoms with Crippen LogP contribution in [-0.2, 0) is 11.2 Å². The van der Waals surface area contributed by atoms with Crippen LogP contribution in [0.25, 0.3) is 0 Å². The molecule has 1 aromatic rings. The highest BCUT2D eigenvalue weighted by Gasteiger charge is 1.92. The molecule has 0 saturated carbocycles. The van der Waals surface area contributed by atoms with Crippen LogP contribution in [0.3, 0.4) is 0 Å². The van der Waals surface area contributed by atoms with Gasteiger partial charge in [-0.3, -0.25) is 0 Å². The van der Waals surface area contributed by atoms with Gasteiger partial charge in [0.1, 0.15) is 0 Å². The smallest absolute Gasteiger partial charge is 0.0662 e. The van der Waals surface area contributed by atoms with Crippen molar-refractivity contribution in [1.29, 1.82) is 0 Å². The third-order valence-corrected chi connectivity index (χ3v) is 3.01. The van der Waals surface area contributed by atoms with Crippen molar-refractivity contribution in [2.75, 3.05) is 27.4 Å². The van der Waals surface area contributed by atoms with Gasteiger partial charge in [-0.15, -0.1) is 0 Å². The summed E-state index contributed by atoms with van der Waals surface area (Å²) in [6.45, 7) is 2.02. The van der Waals surface area contributed by atoms with Gasteiger partial charge in [0.25, 0.3) is 0 Å². The average Bonchev–Trinajstić information content (AvgIpc) is 2.56. The summed E-state index contributed by atoms with van der Waals surface area (Å²) < 4.78 is 4.25. The minimum atomic E-state index is -0.125. The van der Waals surface area contributed by atoms with E-state index < -0.39 is 0 Å². The summed E-state index contributed by atoms with van der Waals surface area (Å²) in [5.74, 6) is 0. The van der Waals surface area contributed by atoms with Gasteiger partial charge in [0.05, 0.1) is 13.2 Å². The lowest BCUT2D eigenvalue weighted by molar-refractivity contribution is 0.186. The van der Waals surface area contributed by atoms with E-state index >= 15 is 0 Å². The Kier molecular flexibility index (Phi) is 23.8. The first-order chi connectivity index (χ1) is 10.8. The third kappa shape index (κ3) is 21.4. The molecular weight excluding hydrogens is 276 g/mol. The fourth-order valence-electron chi connectivity index (χ4n) is 1.93. The summed E-state index contributed by atoms with van der Waals surface area (Å²) in [4.78, 5) is 0. The molecule has 3 heteroatoms. The maximum atomic E-state index is 7.62. The first-order valence-electron chi connectivity index (χ1n) is 8.42. The van der Waals surface area contributed by atoms with E-state index in [0.717, 1.165) is 0 Å². The van der Waals surface area contributed by atoms with Crippen molar-refractivity contribution in [3.05, 3.63) is 35.9 Å². The maximum Gasteiger partial charge on any atom is 0.0662 e. The molecule has 0 aliphatic carbocycles. The van der Waals surface area contributed by atoms with Crippen LogP contribution in [0.2, 0.25) is 0 Å². The predicted molar refractivity (Wildman–Crippen MR) is 95.2 cm³/mol. The Labute approximate surface area is 137 Å². The molecule has 0 spiro atoms. The highest BCUT2D eigenvalue weighted by atomic mass is 16.4. The molecule has 0 aliphatic heterocycles. The van der Waals surface area contributed by atoms with Crippen LogP contribution in [0.1, 0.15) is 57.4 Å². The molecule has 0 atom stereocenters. The van der Waals surface area contributed by atoms with Crippen LogP contribution in [0.4, 0.5) is 0 Å². The molecule has 0 heterocycles. The number of aliphatic hydroxyl groups is 2. The lowest BCUT2D eigenvalue weighted by atomic mass is 10.0. The zero-order valence-electron chi connectivity index (χ0n) is 14.8. The molecule has 0 bridgehead atoms. The van der Waals surface area contributed by atoms with Crippen LogP contribution in [0, 0.1) is 0 Å². The van der Waals surface area contributed by atoms with E-state index in [1.165, 1.54) is 56.9 Å². The van der Waals surface area contributed by atoms with Crippen molar-refractivity contribution in [1.82, 2.24) is 0 Å². The molecule has 0 aliphatic rings. The Hall–Kier alpha value is -0.900. The Morgan fingerprint density at radius 3 is 1.68 bits per heavy atom. The molecule has 0 saturated heterocycles. The van der Waals surface area contributed by atoms with Gasteiger partial charge in [-0.25, -0.2) is 0 Å². The monoisotopic (exact) mass is 312 g/mol. The zero-order chi connectivity index (χ0) is 16.9. The van der Waals surface area contributed by atoms with Gasteiger partial charge < -0.3 is 14.9 Å². The summed E-state index contributed by atoms with van der Waals surface area (Å²) in [5.41, 5.74) is 1.49. The van der Waals surface area contributed by atoms with Gasteiger partial charge in [0, 0.05) is 14.2 Å². The number of aliphatic hydroxyl groups excluding tert-OH is 2. The second kappa shape index (κ2) is 22.4.